The van der Waals surface area contributed by atoms with Crippen LogP contribution in [0, 0.1) is 5.82 Å². The number of halogens is 3. The van der Waals surface area contributed by atoms with Crippen molar-refractivity contribution >= 4 is 30.4 Å². The summed E-state index contributed by atoms with van der Waals surface area (Å²) in [6.45, 7) is 4.24. The zero-order valence-corrected chi connectivity index (χ0v) is 14.8. The van der Waals surface area contributed by atoms with E-state index in [1.54, 1.807) is 0 Å². The van der Waals surface area contributed by atoms with Crippen LogP contribution in [-0.2, 0) is 0 Å². The SMILES string of the molecule is Cl.Cl.OC1(CN2CC=C(c3ccc(F)cc3)CC2)CCCNC1. The Morgan fingerprint density at radius 2 is 1.96 bits per heavy atom. The van der Waals surface area contributed by atoms with Crippen LogP contribution in [0.5, 0.6) is 0 Å². The van der Waals surface area contributed by atoms with Gasteiger partial charge in [-0.05, 0) is 49.1 Å². The minimum Gasteiger partial charge on any atom is -0.387 e. The molecule has 6 heteroatoms. The second-order valence-electron chi connectivity index (χ2n) is 6.23. The van der Waals surface area contributed by atoms with Gasteiger partial charge in [-0.25, -0.2) is 4.39 Å². The number of piperidine rings is 1. The van der Waals surface area contributed by atoms with Gasteiger partial charge in [0.05, 0.1) is 5.60 Å². The molecule has 1 atom stereocenters. The summed E-state index contributed by atoms with van der Waals surface area (Å²) in [5.74, 6) is -0.191. The Hall–Kier alpha value is -0.650. The Labute approximate surface area is 149 Å². The second kappa shape index (κ2) is 9.00. The molecule has 3 nitrogen and oxygen atoms in total. The van der Waals surface area contributed by atoms with Gasteiger partial charge in [-0.3, -0.25) is 4.90 Å². The summed E-state index contributed by atoms with van der Waals surface area (Å²) in [5, 5.41) is 13.8. The highest BCUT2D eigenvalue weighted by Gasteiger charge is 2.31. The molecule has 0 spiro atoms. The molecular formula is C17H25Cl2FN2O. The molecule has 2 heterocycles. The Balaban J connectivity index is 0.00000132. The Morgan fingerprint density at radius 3 is 2.52 bits per heavy atom. The monoisotopic (exact) mass is 362 g/mol. The van der Waals surface area contributed by atoms with Crippen molar-refractivity contribution in [2.24, 2.45) is 0 Å². The molecule has 1 unspecified atom stereocenters. The minimum atomic E-state index is -0.584. The molecule has 0 aliphatic carbocycles. The van der Waals surface area contributed by atoms with Gasteiger partial charge in [0.1, 0.15) is 5.82 Å². The highest BCUT2D eigenvalue weighted by molar-refractivity contribution is 5.85. The first-order valence-electron chi connectivity index (χ1n) is 7.75. The van der Waals surface area contributed by atoms with E-state index in [-0.39, 0.29) is 30.6 Å². The van der Waals surface area contributed by atoms with E-state index in [2.05, 4.69) is 16.3 Å². The van der Waals surface area contributed by atoms with Gasteiger partial charge in [0, 0.05) is 26.2 Å². The number of β-amino-alcohol motifs (C(OH)–C–C–N with tert-alkyl or cyclic N) is 1. The van der Waals surface area contributed by atoms with E-state index in [1.807, 2.05) is 12.1 Å². The average Bonchev–Trinajstić information content (AvgIpc) is 2.49. The molecule has 0 bridgehead atoms. The Kier molecular flexibility index (Phi) is 7.98. The summed E-state index contributed by atoms with van der Waals surface area (Å²) in [6, 6.07) is 6.71. The number of hydrogen-bond donors (Lipinski definition) is 2. The van der Waals surface area contributed by atoms with Gasteiger partial charge < -0.3 is 10.4 Å². The lowest BCUT2D eigenvalue weighted by molar-refractivity contribution is -0.0130. The normalized spacial score (nSPS) is 25.0. The predicted octanol–water partition coefficient (Wildman–Crippen LogP) is 2.87. The number of benzene rings is 1. The summed E-state index contributed by atoms with van der Waals surface area (Å²) in [5.41, 5.74) is 1.80. The van der Waals surface area contributed by atoms with Crippen LogP contribution in [0.4, 0.5) is 4.39 Å². The number of nitrogens with one attached hydrogen (secondary N) is 1. The average molecular weight is 363 g/mol. The van der Waals surface area contributed by atoms with E-state index in [0.717, 1.165) is 51.0 Å². The molecular weight excluding hydrogens is 338 g/mol. The lowest BCUT2D eigenvalue weighted by Gasteiger charge is -2.38. The van der Waals surface area contributed by atoms with Crippen molar-refractivity contribution in [3.63, 3.8) is 0 Å². The maximum absolute atomic E-state index is 13.0. The topological polar surface area (TPSA) is 35.5 Å². The molecule has 1 saturated heterocycles. The summed E-state index contributed by atoms with van der Waals surface area (Å²) >= 11 is 0. The number of rotatable bonds is 3. The highest BCUT2D eigenvalue weighted by atomic mass is 35.5. The molecule has 0 aromatic heterocycles. The molecule has 1 aromatic carbocycles. The first-order chi connectivity index (χ1) is 10.1. The predicted molar refractivity (Wildman–Crippen MR) is 97.0 cm³/mol. The minimum absolute atomic E-state index is 0. The largest absolute Gasteiger partial charge is 0.387 e. The van der Waals surface area contributed by atoms with Crippen molar-refractivity contribution in [1.29, 1.82) is 0 Å². The molecule has 0 radical (unpaired) electrons. The number of hydrogen-bond acceptors (Lipinski definition) is 3. The molecule has 2 aliphatic rings. The van der Waals surface area contributed by atoms with Crippen LogP contribution >= 0.6 is 24.8 Å². The first-order valence-corrected chi connectivity index (χ1v) is 7.75. The van der Waals surface area contributed by atoms with Gasteiger partial charge >= 0.3 is 0 Å². The second-order valence-corrected chi connectivity index (χ2v) is 6.23. The molecule has 1 aromatic rings. The lowest BCUT2D eigenvalue weighted by Crippen LogP contribution is -2.53. The smallest absolute Gasteiger partial charge is 0.123 e. The van der Waals surface area contributed by atoms with Crippen molar-refractivity contribution < 1.29 is 9.50 Å². The fraction of sp³-hybridized carbons (Fsp3) is 0.529. The Morgan fingerprint density at radius 1 is 1.22 bits per heavy atom. The summed E-state index contributed by atoms with van der Waals surface area (Å²) in [6.07, 6.45) is 5.08. The summed E-state index contributed by atoms with van der Waals surface area (Å²) in [4.78, 5) is 2.31. The van der Waals surface area contributed by atoms with Crippen LogP contribution in [0.2, 0.25) is 0 Å². The third kappa shape index (κ3) is 5.44. The molecule has 1 fully saturated rings. The zero-order valence-electron chi connectivity index (χ0n) is 13.1. The van der Waals surface area contributed by atoms with E-state index in [4.69, 9.17) is 0 Å². The summed E-state index contributed by atoms with van der Waals surface area (Å²) < 4.78 is 13.0. The van der Waals surface area contributed by atoms with E-state index >= 15 is 0 Å². The van der Waals surface area contributed by atoms with Crippen molar-refractivity contribution in [3.05, 3.63) is 41.7 Å². The van der Waals surface area contributed by atoms with Crippen LogP contribution in [0.25, 0.3) is 5.57 Å². The Bertz CT molecular complexity index is 516. The third-order valence-electron chi connectivity index (χ3n) is 4.48. The molecule has 2 N–H and O–H groups in total. The standard InChI is InChI=1S/C17H23FN2O.2ClH/c18-16-4-2-14(3-5-16)15-6-10-20(11-7-15)13-17(21)8-1-9-19-12-17;;/h2-6,19,21H,1,7-13H2;2*1H. The van der Waals surface area contributed by atoms with Crippen molar-refractivity contribution in [2.75, 3.05) is 32.7 Å². The third-order valence-corrected chi connectivity index (χ3v) is 4.48. The van der Waals surface area contributed by atoms with Crippen LogP contribution in [-0.4, -0.2) is 48.3 Å². The van der Waals surface area contributed by atoms with E-state index in [1.165, 1.54) is 17.7 Å². The molecule has 3 rings (SSSR count). The van der Waals surface area contributed by atoms with Gasteiger partial charge in [0.2, 0.25) is 0 Å². The van der Waals surface area contributed by atoms with Gasteiger partial charge in [0.25, 0.3) is 0 Å². The number of aliphatic hydroxyl groups is 1. The van der Waals surface area contributed by atoms with Crippen LogP contribution in [0.1, 0.15) is 24.8 Å². The van der Waals surface area contributed by atoms with Crippen LogP contribution in [0.3, 0.4) is 0 Å². The molecule has 130 valence electrons. The van der Waals surface area contributed by atoms with Gasteiger partial charge in [0.15, 0.2) is 0 Å². The van der Waals surface area contributed by atoms with Gasteiger partial charge in [-0.1, -0.05) is 18.2 Å². The molecule has 2 aliphatic heterocycles. The molecule has 23 heavy (non-hydrogen) atoms. The number of nitrogens with zero attached hydrogens (tertiary/aromatic N) is 1. The van der Waals surface area contributed by atoms with Crippen molar-refractivity contribution in [2.45, 2.75) is 24.9 Å². The van der Waals surface area contributed by atoms with Gasteiger partial charge in [-0.2, -0.15) is 0 Å². The maximum Gasteiger partial charge on any atom is 0.123 e. The molecule has 0 amide bonds. The maximum atomic E-state index is 13.0. The summed E-state index contributed by atoms with van der Waals surface area (Å²) in [7, 11) is 0. The zero-order chi connectivity index (χ0) is 14.7. The van der Waals surface area contributed by atoms with Crippen molar-refractivity contribution in [3.8, 4) is 0 Å². The van der Waals surface area contributed by atoms with E-state index < -0.39 is 5.60 Å². The fourth-order valence-corrected chi connectivity index (χ4v) is 3.28. The first kappa shape index (κ1) is 20.4. The van der Waals surface area contributed by atoms with Crippen molar-refractivity contribution in [1.82, 2.24) is 10.2 Å². The van der Waals surface area contributed by atoms with E-state index in [0.29, 0.717) is 6.54 Å². The quantitative estimate of drug-likeness (QED) is 0.867. The van der Waals surface area contributed by atoms with E-state index in [9.17, 15) is 9.50 Å². The van der Waals surface area contributed by atoms with Crippen LogP contribution < -0.4 is 5.32 Å². The molecule has 0 saturated carbocycles. The fourth-order valence-electron chi connectivity index (χ4n) is 3.28. The van der Waals surface area contributed by atoms with Gasteiger partial charge in [-0.15, -0.1) is 24.8 Å². The van der Waals surface area contributed by atoms with Crippen LogP contribution in [0.15, 0.2) is 30.3 Å². The lowest BCUT2D eigenvalue weighted by atomic mass is 9.92. The highest BCUT2D eigenvalue weighted by Crippen LogP contribution is 2.25.